The molecule has 0 spiro atoms. The van der Waals surface area contributed by atoms with Crippen LogP contribution in [0.5, 0.6) is 0 Å². The first-order valence-corrected chi connectivity index (χ1v) is 13.0. The van der Waals surface area contributed by atoms with E-state index in [4.69, 9.17) is 17.3 Å². The monoisotopic (exact) mass is 520 g/mol. The van der Waals surface area contributed by atoms with Crippen LogP contribution in [-0.4, -0.2) is 23.4 Å². The molecule has 2 aromatic rings. The van der Waals surface area contributed by atoms with E-state index in [2.05, 4.69) is 18.2 Å². The number of amides is 2. The fourth-order valence-electron chi connectivity index (χ4n) is 3.43. The van der Waals surface area contributed by atoms with Crippen molar-refractivity contribution < 1.29 is 18.7 Å². The van der Waals surface area contributed by atoms with Crippen molar-refractivity contribution >= 4 is 46.6 Å². The van der Waals surface area contributed by atoms with E-state index >= 15 is 0 Å². The zero-order valence-corrected chi connectivity index (χ0v) is 22.4. The first-order chi connectivity index (χ1) is 16.4. The Morgan fingerprint density at radius 3 is 2.46 bits per heavy atom. The Hall–Kier alpha value is -2.51. The molecule has 1 aliphatic heterocycles. The molecule has 5 nitrogen and oxygen atoms in total. The quantitative estimate of drug-likeness (QED) is 0.425. The molecule has 0 unspecified atom stereocenters. The summed E-state index contributed by atoms with van der Waals surface area (Å²) in [4.78, 5) is 25.3. The van der Waals surface area contributed by atoms with Gasteiger partial charge in [-0.2, -0.15) is 0 Å². The first-order valence-electron chi connectivity index (χ1n) is 11.6. The highest BCUT2D eigenvalue weighted by Crippen LogP contribution is 2.39. The predicted molar refractivity (Wildman–Crippen MR) is 143 cm³/mol. The third-order valence-electron chi connectivity index (χ3n) is 5.09. The van der Waals surface area contributed by atoms with Crippen molar-refractivity contribution in [2.45, 2.75) is 70.4 Å². The highest BCUT2D eigenvalue weighted by atomic mass is 35.5. The Balaban J connectivity index is 0.000000466. The van der Waals surface area contributed by atoms with E-state index in [1.165, 1.54) is 11.8 Å². The average Bonchev–Trinajstić information content (AvgIpc) is 2.90. The minimum absolute atomic E-state index is 0.0490. The number of carbonyl (C=O) groups excluding carboxylic acids is 2. The Labute approximate surface area is 216 Å². The number of allylic oxidation sites excluding steroid dienone is 1. The summed E-state index contributed by atoms with van der Waals surface area (Å²) in [6.45, 7) is 11.9. The number of nitrogens with zero attached hydrogens (tertiary/aromatic N) is 1. The average molecular weight is 521 g/mol. The summed E-state index contributed by atoms with van der Waals surface area (Å²) in [5.41, 5.74) is 7.32. The number of hydrogen-bond acceptors (Lipinski definition) is 4. The van der Waals surface area contributed by atoms with Crippen molar-refractivity contribution in [1.82, 2.24) is 0 Å². The third kappa shape index (κ3) is 9.22. The molecular formula is C27H34ClFN2O3S. The molecule has 0 atom stereocenters. The Morgan fingerprint density at radius 2 is 1.91 bits per heavy atom. The van der Waals surface area contributed by atoms with Crippen LogP contribution in [0.1, 0.15) is 64.5 Å². The molecule has 35 heavy (non-hydrogen) atoms. The van der Waals surface area contributed by atoms with Crippen molar-refractivity contribution in [3.05, 3.63) is 64.9 Å². The molecule has 0 aliphatic carbocycles. The summed E-state index contributed by atoms with van der Waals surface area (Å²) in [5, 5.41) is 0.661. The molecule has 8 heteroatoms. The summed E-state index contributed by atoms with van der Waals surface area (Å²) in [6.07, 6.45) is 2.46. The molecule has 0 fully saturated rings. The van der Waals surface area contributed by atoms with Gasteiger partial charge < -0.3 is 15.4 Å². The smallest absolute Gasteiger partial charge is 0.405 e. The standard InChI is InChI=1S/C22H23ClFNOS.C5H11NO2/c1-3-4-5-15(2)18-12-20-21(13-19(18)24)27-11-10-22(26)25(20)14-16-6-8-17(23)9-7-16;1-5(2,3)8-4(6)7/h6-9,12-13H,2-5,10-11,14H2,1H3;1-3H3,(H2,6,7). The number of ether oxygens (including phenoxy) is 1. The van der Waals surface area contributed by atoms with Gasteiger partial charge in [0, 0.05) is 27.7 Å². The van der Waals surface area contributed by atoms with Gasteiger partial charge in [-0.1, -0.05) is 43.7 Å². The van der Waals surface area contributed by atoms with E-state index < -0.39 is 11.7 Å². The van der Waals surface area contributed by atoms with Gasteiger partial charge in [-0.3, -0.25) is 4.79 Å². The topological polar surface area (TPSA) is 72.6 Å². The first kappa shape index (κ1) is 28.7. The second-order valence-corrected chi connectivity index (χ2v) is 10.8. The number of fused-ring (bicyclic) bond motifs is 1. The number of rotatable bonds is 6. The fourth-order valence-corrected chi connectivity index (χ4v) is 4.56. The fraction of sp³-hybridized carbons (Fsp3) is 0.407. The number of anilines is 1. The molecule has 0 radical (unpaired) electrons. The van der Waals surface area contributed by atoms with Crippen LogP contribution >= 0.6 is 23.4 Å². The number of unbranched alkanes of at least 4 members (excludes halogenated alkanes) is 1. The Morgan fingerprint density at radius 1 is 1.26 bits per heavy atom. The molecule has 1 heterocycles. The molecule has 0 saturated heterocycles. The summed E-state index contributed by atoms with van der Waals surface area (Å²) < 4.78 is 19.3. The van der Waals surface area contributed by atoms with Gasteiger partial charge in [0.25, 0.3) is 0 Å². The van der Waals surface area contributed by atoms with E-state index in [9.17, 15) is 14.0 Å². The lowest BCUT2D eigenvalue weighted by Gasteiger charge is -2.24. The predicted octanol–water partition coefficient (Wildman–Crippen LogP) is 7.59. The van der Waals surface area contributed by atoms with Crippen LogP contribution in [0.25, 0.3) is 5.57 Å². The lowest BCUT2D eigenvalue weighted by Crippen LogP contribution is -2.30. The number of hydrogen-bond donors (Lipinski definition) is 1. The highest BCUT2D eigenvalue weighted by Gasteiger charge is 2.25. The van der Waals surface area contributed by atoms with Crippen molar-refractivity contribution in [2.75, 3.05) is 10.7 Å². The molecule has 2 N–H and O–H groups in total. The number of halogens is 2. The second kappa shape index (κ2) is 13.0. The number of thioether (sulfide) groups is 1. The molecule has 0 saturated carbocycles. The van der Waals surface area contributed by atoms with Gasteiger partial charge in [-0.05, 0) is 69.0 Å². The van der Waals surface area contributed by atoms with Crippen LogP contribution in [0, 0.1) is 5.82 Å². The van der Waals surface area contributed by atoms with Gasteiger partial charge in [0.15, 0.2) is 0 Å². The van der Waals surface area contributed by atoms with E-state index in [-0.39, 0.29) is 11.7 Å². The van der Waals surface area contributed by atoms with Gasteiger partial charge >= 0.3 is 6.09 Å². The van der Waals surface area contributed by atoms with Gasteiger partial charge in [0.2, 0.25) is 5.91 Å². The van der Waals surface area contributed by atoms with Crippen molar-refractivity contribution in [1.29, 1.82) is 0 Å². The molecule has 190 valence electrons. The van der Waals surface area contributed by atoms with E-state index in [1.54, 1.807) is 37.8 Å². The Bertz CT molecular complexity index is 1050. The summed E-state index contributed by atoms with van der Waals surface area (Å²) >= 11 is 7.50. The number of nitrogens with two attached hydrogens (primary N) is 1. The zero-order valence-electron chi connectivity index (χ0n) is 20.8. The molecule has 0 bridgehead atoms. The van der Waals surface area contributed by atoms with Crippen LogP contribution in [0.15, 0.2) is 47.9 Å². The van der Waals surface area contributed by atoms with E-state index in [0.717, 1.165) is 41.0 Å². The SMILES string of the molecule is C=C(CCCC)c1cc2c(cc1F)SCCC(=O)N2Cc1ccc(Cl)cc1.CC(C)(C)OC(N)=O. The second-order valence-electron chi connectivity index (χ2n) is 9.25. The number of benzene rings is 2. The Kier molecular flexibility index (Phi) is 10.7. The summed E-state index contributed by atoms with van der Waals surface area (Å²) in [5.74, 6) is 0.439. The number of carbonyl (C=O) groups is 2. The number of primary amides is 1. The maximum atomic E-state index is 14.7. The largest absolute Gasteiger partial charge is 0.444 e. The zero-order chi connectivity index (χ0) is 26.2. The van der Waals surface area contributed by atoms with Gasteiger partial charge in [0.05, 0.1) is 12.2 Å². The minimum Gasteiger partial charge on any atom is -0.444 e. The van der Waals surface area contributed by atoms with Gasteiger partial charge in [0.1, 0.15) is 11.4 Å². The highest BCUT2D eigenvalue weighted by molar-refractivity contribution is 7.99. The van der Waals surface area contributed by atoms with Crippen LogP contribution in [0.3, 0.4) is 0 Å². The maximum absolute atomic E-state index is 14.7. The maximum Gasteiger partial charge on any atom is 0.405 e. The van der Waals surface area contributed by atoms with Gasteiger partial charge in [-0.25, -0.2) is 9.18 Å². The van der Waals surface area contributed by atoms with Crippen LogP contribution < -0.4 is 10.6 Å². The van der Waals surface area contributed by atoms with Crippen LogP contribution in [0.2, 0.25) is 5.02 Å². The molecule has 2 amide bonds. The molecule has 0 aromatic heterocycles. The molecule has 1 aliphatic rings. The summed E-state index contributed by atoms with van der Waals surface area (Å²) in [6, 6.07) is 10.8. The molecule has 2 aromatic carbocycles. The lowest BCUT2D eigenvalue weighted by atomic mass is 10.0. The van der Waals surface area contributed by atoms with Gasteiger partial charge in [-0.15, -0.1) is 11.8 Å². The van der Waals surface area contributed by atoms with Crippen molar-refractivity contribution in [2.24, 2.45) is 5.73 Å². The minimum atomic E-state index is -0.725. The van der Waals surface area contributed by atoms with E-state index in [1.807, 2.05) is 24.3 Å². The normalized spacial score (nSPS) is 13.3. The molecular weight excluding hydrogens is 487 g/mol. The van der Waals surface area contributed by atoms with E-state index in [0.29, 0.717) is 29.3 Å². The van der Waals surface area contributed by atoms with Crippen LogP contribution in [0.4, 0.5) is 14.9 Å². The van der Waals surface area contributed by atoms with Crippen molar-refractivity contribution in [3.63, 3.8) is 0 Å². The van der Waals surface area contributed by atoms with Crippen LogP contribution in [-0.2, 0) is 16.1 Å². The summed E-state index contributed by atoms with van der Waals surface area (Å²) in [7, 11) is 0. The molecule has 3 rings (SSSR count). The lowest BCUT2D eigenvalue weighted by molar-refractivity contribution is -0.118. The third-order valence-corrected chi connectivity index (χ3v) is 6.39. The van der Waals surface area contributed by atoms with Crippen molar-refractivity contribution in [3.8, 4) is 0 Å².